The molecule has 1 aromatic rings. The third kappa shape index (κ3) is 4.18. The van der Waals surface area contributed by atoms with Crippen LogP contribution in [0.5, 0.6) is 0 Å². The lowest BCUT2D eigenvalue weighted by Gasteiger charge is -2.08. The lowest BCUT2D eigenvalue weighted by molar-refractivity contribution is 0.0594. The lowest BCUT2D eigenvalue weighted by Crippen LogP contribution is -2.23. The third-order valence-electron chi connectivity index (χ3n) is 2.00. The zero-order valence-electron chi connectivity index (χ0n) is 9.71. The Balaban J connectivity index is 2.79. The minimum absolute atomic E-state index is 0.0423. The number of sulfonamides is 1. The van der Waals surface area contributed by atoms with Crippen molar-refractivity contribution in [1.29, 1.82) is 0 Å². The van der Waals surface area contributed by atoms with E-state index in [1.807, 2.05) is 0 Å². The normalized spacial score (nSPS) is 11.0. The van der Waals surface area contributed by atoms with Gasteiger partial charge in [-0.15, -0.1) is 0 Å². The molecule has 0 aromatic carbocycles. The highest BCUT2D eigenvalue weighted by Gasteiger charge is 2.10. The first-order valence-corrected chi connectivity index (χ1v) is 6.64. The van der Waals surface area contributed by atoms with E-state index < -0.39 is 16.0 Å². The number of esters is 1. The number of hydrogen-bond acceptors (Lipinski definition) is 7. The molecule has 0 aliphatic rings. The van der Waals surface area contributed by atoms with Crippen molar-refractivity contribution in [3.05, 3.63) is 17.8 Å². The van der Waals surface area contributed by atoms with Gasteiger partial charge in [0.05, 0.1) is 18.6 Å². The highest BCUT2D eigenvalue weighted by Crippen LogP contribution is 2.15. The first kappa shape index (κ1) is 14.2. The van der Waals surface area contributed by atoms with Gasteiger partial charge in [0.1, 0.15) is 5.82 Å². The monoisotopic (exact) mass is 274 g/mol. The summed E-state index contributed by atoms with van der Waals surface area (Å²) in [6, 6.07) is 2.88. The number of nitrogen functional groups attached to an aromatic ring is 1. The van der Waals surface area contributed by atoms with Gasteiger partial charge in [-0.05, 0) is 12.1 Å². The molecule has 0 saturated heterocycles. The number of carbonyl (C=O) groups is 1. The number of hydrogen-bond donors (Lipinski definition) is 3. The molecule has 1 rings (SSSR count). The largest absolute Gasteiger partial charge is 0.464 e. The Morgan fingerprint density at radius 1 is 1.50 bits per heavy atom. The molecule has 0 saturated carbocycles. The first-order chi connectivity index (χ1) is 8.33. The molecule has 0 aliphatic carbocycles. The van der Waals surface area contributed by atoms with Gasteiger partial charge in [-0.1, -0.05) is 0 Å². The Morgan fingerprint density at radius 3 is 2.72 bits per heavy atom. The van der Waals surface area contributed by atoms with Gasteiger partial charge in [0, 0.05) is 6.54 Å². The summed E-state index contributed by atoms with van der Waals surface area (Å²) in [5.41, 5.74) is 5.99. The van der Waals surface area contributed by atoms with Crippen LogP contribution in [0, 0.1) is 0 Å². The molecule has 5 N–H and O–H groups in total. The van der Waals surface area contributed by atoms with E-state index in [4.69, 9.17) is 10.9 Å². The maximum absolute atomic E-state index is 11.2. The van der Waals surface area contributed by atoms with Gasteiger partial charge < -0.3 is 15.8 Å². The summed E-state index contributed by atoms with van der Waals surface area (Å²) in [6.45, 7) is 0.0423. The van der Waals surface area contributed by atoms with Crippen molar-refractivity contribution in [3.8, 4) is 0 Å². The van der Waals surface area contributed by atoms with Gasteiger partial charge in [0.2, 0.25) is 10.0 Å². The van der Waals surface area contributed by atoms with E-state index in [1.54, 1.807) is 0 Å². The van der Waals surface area contributed by atoms with Crippen LogP contribution in [-0.2, 0) is 14.8 Å². The van der Waals surface area contributed by atoms with Gasteiger partial charge in [-0.3, -0.25) is 0 Å². The molecule has 0 radical (unpaired) electrons. The molecule has 0 spiro atoms. The van der Waals surface area contributed by atoms with Crippen molar-refractivity contribution in [1.82, 2.24) is 4.98 Å². The summed E-state index contributed by atoms with van der Waals surface area (Å²) in [5.74, 6) is -0.664. The van der Waals surface area contributed by atoms with Crippen LogP contribution in [0.25, 0.3) is 0 Å². The van der Waals surface area contributed by atoms with E-state index in [-0.39, 0.29) is 29.5 Å². The van der Waals surface area contributed by atoms with E-state index in [9.17, 15) is 13.2 Å². The molecule has 1 aromatic heterocycles. The number of anilines is 2. The summed E-state index contributed by atoms with van der Waals surface area (Å²) in [6.07, 6.45) is 0. The number of nitrogens with two attached hydrogens (primary N) is 2. The van der Waals surface area contributed by atoms with E-state index in [0.29, 0.717) is 0 Å². The van der Waals surface area contributed by atoms with Crippen molar-refractivity contribution in [2.75, 3.05) is 30.5 Å². The second-order valence-corrected chi connectivity index (χ2v) is 5.15. The molecule has 18 heavy (non-hydrogen) atoms. The minimum Gasteiger partial charge on any atom is -0.464 e. The zero-order chi connectivity index (χ0) is 13.8. The second-order valence-electron chi connectivity index (χ2n) is 3.42. The standard InChI is InChI=1S/C9H14N4O4S/c1-17-9(14)7-3-2-6(10)8(13-7)12-4-5-18(11,15)16/h2-3H,4-5,10H2,1H3,(H,12,13)(H2,11,15,16). The van der Waals surface area contributed by atoms with Crippen LogP contribution in [0.1, 0.15) is 10.5 Å². The first-order valence-electron chi connectivity index (χ1n) is 4.92. The maximum Gasteiger partial charge on any atom is 0.356 e. The van der Waals surface area contributed by atoms with E-state index >= 15 is 0 Å². The summed E-state index contributed by atoms with van der Waals surface area (Å²) in [7, 11) is -2.33. The number of nitrogens with one attached hydrogen (secondary N) is 1. The fourth-order valence-electron chi connectivity index (χ4n) is 1.14. The highest BCUT2D eigenvalue weighted by atomic mass is 32.2. The Bertz CT molecular complexity index is 543. The zero-order valence-corrected chi connectivity index (χ0v) is 10.5. The summed E-state index contributed by atoms with van der Waals surface area (Å²) in [4.78, 5) is 15.2. The van der Waals surface area contributed by atoms with E-state index in [1.165, 1.54) is 19.2 Å². The average molecular weight is 274 g/mol. The Hall–Kier alpha value is -1.87. The van der Waals surface area contributed by atoms with Crippen LogP contribution in [0.4, 0.5) is 11.5 Å². The fraction of sp³-hybridized carbons (Fsp3) is 0.333. The second kappa shape index (κ2) is 5.65. The van der Waals surface area contributed by atoms with Crippen LogP contribution in [0.2, 0.25) is 0 Å². The van der Waals surface area contributed by atoms with Crippen LogP contribution in [-0.4, -0.2) is 38.8 Å². The van der Waals surface area contributed by atoms with Gasteiger partial charge in [-0.25, -0.2) is 23.3 Å². The predicted octanol–water partition coefficient (Wildman–Crippen LogP) is -0.849. The number of aromatic nitrogens is 1. The van der Waals surface area contributed by atoms with Crippen molar-refractivity contribution in [3.63, 3.8) is 0 Å². The molecular weight excluding hydrogens is 260 g/mol. The van der Waals surface area contributed by atoms with Crippen molar-refractivity contribution < 1.29 is 17.9 Å². The number of methoxy groups -OCH3 is 1. The number of rotatable bonds is 5. The highest BCUT2D eigenvalue weighted by molar-refractivity contribution is 7.89. The van der Waals surface area contributed by atoms with Crippen LogP contribution in [0.3, 0.4) is 0 Å². The lowest BCUT2D eigenvalue weighted by atomic mass is 10.3. The van der Waals surface area contributed by atoms with Crippen molar-refractivity contribution in [2.24, 2.45) is 5.14 Å². The Labute approximate surface area is 104 Å². The number of ether oxygens (including phenoxy) is 1. The molecular formula is C9H14N4O4S. The SMILES string of the molecule is COC(=O)c1ccc(N)c(NCCS(N)(=O)=O)n1. The fourth-order valence-corrected chi connectivity index (χ4v) is 1.53. The molecule has 0 atom stereocenters. The molecule has 0 fully saturated rings. The van der Waals surface area contributed by atoms with E-state index in [0.717, 1.165) is 0 Å². The van der Waals surface area contributed by atoms with Crippen molar-refractivity contribution >= 4 is 27.5 Å². The Kier molecular flexibility index (Phi) is 4.45. The number of primary sulfonamides is 1. The molecule has 0 amide bonds. The van der Waals surface area contributed by atoms with Gasteiger partial charge in [0.15, 0.2) is 5.69 Å². The molecule has 8 nitrogen and oxygen atoms in total. The molecule has 0 bridgehead atoms. The van der Waals surface area contributed by atoms with Crippen molar-refractivity contribution in [2.45, 2.75) is 0 Å². The summed E-state index contributed by atoms with van der Waals surface area (Å²) in [5, 5.41) is 7.53. The smallest absolute Gasteiger partial charge is 0.356 e. The molecule has 0 unspecified atom stereocenters. The van der Waals surface area contributed by atoms with Crippen LogP contribution in [0.15, 0.2) is 12.1 Å². The van der Waals surface area contributed by atoms with Gasteiger partial charge in [-0.2, -0.15) is 0 Å². The minimum atomic E-state index is -3.56. The number of pyridine rings is 1. The molecule has 1 heterocycles. The number of carbonyl (C=O) groups excluding carboxylic acids is 1. The average Bonchev–Trinajstić information content (AvgIpc) is 2.29. The quantitative estimate of drug-likeness (QED) is 0.594. The molecule has 100 valence electrons. The third-order valence-corrected chi connectivity index (χ3v) is 2.77. The van der Waals surface area contributed by atoms with Crippen LogP contribution >= 0.6 is 0 Å². The van der Waals surface area contributed by atoms with Gasteiger partial charge >= 0.3 is 5.97 Å². The molecule has 9 heteroatoms. The topological polar surface area (TPSA) is 137 Å². The molecule has 0 aliphatic heterocycles. The van der Waals surface area contributed by atoms with E-state index in [2.05, 4.69) is 15.0 Å². The van der Waals surface area contributed by atoms with Crippen LogP contribution < -0.4 is 16.2 Å². The predicted molar refractivity (Wildman–Crippen MR) is 66.5 cm³/mol. The number of nitrogens with zero attached hydrogens (tertiary/aromatic N) is 1. The Morgan fingerprint density at radius 2 is 2.17 bits per heavy atom. The van der Waals surface area contributed by atoms with Gasteiger partial charge in [0.25, 0.3) is 0 Å². The summed E-state index contributed by atoms with van der Waals surface area (Å²) >= 11 is 0. The summed E-state index contributed by atoms with van der Waals surface area (Å²) < 4.78 is 26.0. The maximum atomic E-state index is 11.2.